The monoisotopic (exact) mass is 314 g/mol. The number of fused-ring (bicyclic) bond motifs is 1. The van der Waals surface area contributed by atoms with Crippen LogP contribution in [0.4, 0.5) is 4.39 Å². The average molecular weight is 314 g/mol. The van der Waals surface area contributed by atoms with Crippen molar-refractivity contribution >= 4 is 11.1 Å². The fourth-order valence-corrected chi connectivity index (χ4v) is 2.58. The van der Waals surface area contributed by atoms with E-state index in [0.29, 0.717) is 28.8 Å². The molecule has 0 spiro atoms. The van der Waals surface area contributed by atoms with Gasteiger partial charge in [0.2, 0.25) is 5.88 Å². The highest BCUT2D eigenvalue weighted by molar-refractivity contribution is 5.77. The van der Waals surface area contributed by atoms with Gasteiger partial charge in [-0.05, 0) is 31.0 Å². The first-order valence-electron chi connectivity index (χ1n) is 7.47. The van der Waals surface area contributed by atoms with E-state index in [9.17, 15) is 4.39 Å². The molecule has 23 heavy (non-hydrogen) atoms. The maximum atomic E-state index is 13.9. The fraction of sp³-hybridized carbons (Fsp3) is 0.294. The van der Waals surface area contributed by atoms with Crippen LogP contribution in [0.3, 0.4) is 0 Å². The topological polar surface area (TPSA) is 57.4 Å². The van der Waals surface area contributed by atoms with Crippen molar-refractivity contribution in [2.24, 2.45) is 0 Å². The standard InChI is InChI=1S/C17H15FN2O3/c1-21-14-4-2-3-13(18)12(14)9-22-15-8-7-11-16(10-5-6-10)20-23-17(11)19-15/h2-4,7-8,10H,5-6,9H2,1H3. The normalized spacial score (nSPS) is 14.2. The maximum Gasteiger partial charge on any atom is 0.261 e. The van der Waals surface area contributed by atoms with Gasteiger partial charge in [0.1, 0.15) is 18.2 Å². The van der Waals surface area contributed by atoms with Crippen LogP contribution in [-0.4, -0.2) is 17.3 Å². The Morgan fingerprint density at radius 2 is 2.13 bits per heavy atom. The summed E-state index contributed by atoms with van der Waals surface area (Å²) >= 11 is 0. The van der Waals surface area contributed by atoms with E-state index < -0.39 is 0 Å². The highest BCUT2D eigenvalue weighted by Crippen LogP contribution is 2.42. The van der Waals surface area contributed by atoms with Gasteiger partial charge in [0.15, 0.2) is 0 Å². The van der Waals surface area contributed by atoms with Crippen LogP contribution in [0, 0.1) is 5.82 Å². The van der Waals surface area contributed by atoms with Gasteiger partial charge in [-0.1, -0.05) is 11.2 Å². The number of aromatic nitrogens is 2. The summed E-state index contributed by atoms with van der Waals surface area (Å²) in [7, 11) is 1.50. The predicted molar refractivity (Wildman–Crippen MR) is 81.1 cm³/mol. The molecule has 2 aromatic heterocycles. The van der Waals surface area contributed by atoms with Crippen LogP contribution in [0.1, 0.15) is 30.0 Å². The minimum Gasteiger partial charge on any atom is -0.496 e. The molecule has 0 saturated heterocycles. The molecule has 0 amide bonds. The third-order valence-electron chi connectivity index (χ3n) is 3.97. The fourth-order valence-electron chi connectivity index (χ4n) is 2.58. The lowest BCUT2D eigenvalue weighted by Crippen LogP contribution is -2.02. The quantitative estimate of drug-likeness (QED) is 0.716. The van der Waals surface area contributed by atoms with Crippen LogP contribution < -0.4 is 9.47 Å². The number of halogens is 1. The highest BCUT2D eigenvalue weighted by atomic mass is 19.1. The van der Waals surface area contributed by atoms with Crippen molar-refractivity contribution in [3.05, 3.63) is 47.4 Å². The van der Waals surface area contributed by atoms with Crippen molar-refractivity contribution in [1.29, 1.82) is 0 Å². The molecule has 0 atom stereocenters. The van der Waals surface area contributed by atoms with E-state index in [-0.39, 0.29) is 12.4 Å². The van der Waals surface area contributed by atoms with Gasteiger partial charge in [-0.2, -0.15) is 4.98 Å². The molecule has 0 aliphatic heterocycles. The Balaban J connectivity index is 1.56. The molecule has 4 rings (SSSR count). The molecular weight excluding hydrogens is 299 g/mol. The molecule has 6 heteroatoms. The van der Waals surface area contributed by atoms with Crippen LogP contribution in [0.25, 0.3) is 11.1 Å². The molecule has 0 N–H and O–H groups in total. The van der Waals surface area contributed by atoms with Gasteiger partial charge in [-0.15, -0.1) is 0 Å². The molecule has 5 nitrogen and oxygen atoms in total. The van der Waals surface area contributed by atoms with Crippen LogP contribution in [0.15, 0.2) is 34.9 Å². The molecule has 1 aliphatic carbocycles. The Labute approximate surface area is 132 Å². The van der Waals surface area contributed by atoms with E-state index >= 15 is 0 Å². The third kappa shape index (κ3) is 2.60. The minimum atomic E-state index is -0.374. The molecule has 118 valence electrons. The lowest BCUT2D eigenvalue weighted by molar-refractivity contribution is 0.278. The van der Waals surface area contributed by atoms with Gasteiger partial charge >= 0.3 is 0 Å². The smallest absolute Gasteiger partial charge is 0.261 e. The van der Waals surface area contributed by atoms with Crippen molar-refractivity contribution < 1.29 is 18.4 Å². The molecular formula is C17H15FN2O3. The summed E-state index contributed by atoms with van der Waals surface area (Å²) in [4.78, 5) is 4.29. The number of benzene rings is 1. The van der Waals surface area contributed by atoms with Crippen LogP contribution >= 0.6 is 0 Å². The second kappa shape index (κ2) is 5.53. The summed E-state index contributed by atoms with van der Waals surface area (Å²) in [6.07, 6.45) is 2.29. The summed E-state index contributed by atoms with van der Waals surface area (Å²) in [5, 5.41) is 5.00. The van der Waals surface area contributed by atoms with Crippen molar-refractivity contribution in [3.8, 4) is 11.6 Å². The number of pyridine rings is 1. The van der Waals surface area contributed by atoms with Crippen LogP contribution in [0.2, 0.25) is 0 Å². The zero-order chi connectivity index (χ0) is 15.8. The molecule has 2 heterocycles. The Kier molecular flexibility index (Phi) is 3.37. The lowest BCUT2D eigenvalue weighted by Gasteiger charge is -2.10. The molecule has 3 aromatic rings. The van der Waals surface area contributed by atoms with Crippen LogP contribution in [0.5, 0.6) is 11.6 Å². The first-order chi connectivity index (χ1) is 11.3. The Bertz CT molecular complexity index is 858. The SMILES string of the molecule is COc1cccc(F)c1COc1ccc2c(C3CC3)noc2n1. The van der Waals surface area contributed by atoms with Gasteiger partial charge in [-0.3, -0.25) is 0 Å². The number of hydrogen-bond donors (Lipinski definition) is 0. The van der Waals surface area contributed by atoms with Gasteiger partial charge in [-0.25, -0.2) is 4.39 Å². The Hall–Kier alpha value is -2.63. The summed E-state index contributed by atoms with van der Waals surface area (Å²) < 4.78 is 29.9. The second-order valence-electron chi connectivity index (χ2n) is 5.55. The second-order valence-corrected chi connectivity index (χ2v) is 5.55. The number of ether oxygens (including phenoxy) is 2. The average Bonchev–Trinajstić information content (AvgIpc) is 3.33. The zero-order valence-corrected chi connectivity index (χ0v) is 12.6. The number of nitrogens with zero attached hydrogens (tertiary/aromatic N) is 2. The van der Waals surface area contributed by atoms with E-state index in [1.54, 1.807) is 18.2 Å². The number of methoxy groups -OCH3 is 1. The van der Waals surface area contributed by atoms with E-state index in [2.05, 4.69) is 10.1 Å². The summed E-state index contributed by atoms with van der Waals surface area (Å²) in [5.41, 5.74) is 1.77. The van der Waals surface area contributed by atoms with Crippen LogP contribution in [-0.2, 0) is 6.61 Å². The molecule has 1 aromatic carbocycles. The van der Waals surface area contributed by atoms with Crippen molar-refractivity contribution in [1.82, 2.24) is 10.1 Å². The summed E-state index contributed by atoms with van der Waals surface area (Å²) in [6, 6.07) is 8.29. The molecule has 1 saturated carbocycles. The number of hydrogen-bond acceptors (Lipinski definition) is 5. The zero-order valence-electron chi connectivity index (χ0n) is 12.6. The third-order valence-corrected chi connectivity index (χ3v) is 3.97. The van der Waals surface area contributed by atoms with Gasteiger partial charge in [0, 0.05) is 12.0 Å². The van der Waals surface area contributed by atoms with E-state index in [0.717, 1.165) is 23.9 Å². The molecule has 1 fully saturated rings. The number of rotatable bonds is 5. The first kappa shape index (κ1) is 14.0. The van der Waals surface area contributed by atoms with Gasteiger partial charge in [0.25, 0.3) is 5.71 Å². The molecule has 0 radical (unpaired) electrons. The Morgan fingerprint density at radius 1 is 1.26 bits per heavy atom. The predicted octanol–water partition coefficient (Wildman–Crippen LogP) is 3.83. The van der Waals surface area contributed by atoms with E-state index in [4.69, 9.17) is 14.0 Å². The first-order valence-corrected chi connectivity index (χ1v) is 7.47. The van der Waals surface area contributed by atoms with Crippen molar-refractivity contribution in [2.45, 2.75) is 25.4 Å². The van der Waals surface area contributed by atoms with Gasteiger partial charge < -0.3 is 14.0 Å². The van der Waals surface area contributed by atoms with Gasteiger partial charge in [0.05, 0.1) is 23.8 Å². The van der Waals surface area contributed by atoms with Crippen molar-refractivity contribution in [3.63, 3.8) is 0 Å². The Morgan fingerprint density at radius 3 is 2.91 bits per heavy atom. The van der Waals surface area contributed by atoms with Crippen molar-refractivity contribution in [2.75, 3.05) is 7.11 Å². The summed E-state index contributed by atoms with van der Waals surface area (Å²) in [5.74, 6) is 0.927. The lowest BCUT2D eigenvalue weighted by atomic mass is 10.2. The maximum absolute atomic E-state index is 13.9. The minimum absolute atomic E-state index is 0.0258. The highest BCUT2D eigenvalue weighted by Gasteiger charge is 2.29. The summed E-state index contributed by atoms with van der Waals surface area (Å²) in [6.45, 7) is 0.0258. The van der Waals surface area contributed by atoms with E-state index in [1.807, 2.05) is 6.07 Å². The van der Waals surface area contributed by atoms with E-state index in [1.165, 1.54) is 13.2 Å². The molecule has 0 bridgehead atoms. The molecule has 0 unspecified atom stereocenters. The molecule has 1 aliphatic rings. The largest absolute Gasteiger partial charge is 0.496 e.